The molecule has 1 aromatic rings. The lowest BCUT2D eigenvalue weighted by Gasteiger charge is -2.21. The maximum atomic E-state index is 11.8. The molecule has 19 heavy (non-hydrogen) atoms. The van der Waals surface area contributed by atoms with Gasteiger partial charge in [-0.3, -0.25) is 9.59 Å². The number of rotatable bonds is 4. The molecule has 1 aromatic carbocycles. The predicted molar refractivity (Wildman–Crippen MR) is 67.9 cm³/mol. The number of amides is 1. The maximum absolute atomic E-state index is 11.8. The lowest BCUT2D eigenvalue weighted by atomic mass is 9.93. The Morgan fingerprint density at radius 1 is 1.26 bits per heavy atom. The van der Waals surface area contributed by atoms with Crippen LogP contribution in [0.5, 0.6) is 11.5 Å². The standard InChI is InChI=1S/C13H17NO5/c1-13(2,12(18)19-3)7-14-11(17)8-4-5-9(15)10(16)6-8/h4-6,15-16H,7H2,1-3H3,(H,14,17). The van der Waals surface area contributed by atoms with Crippen LogP contribution in [-0.2, 0) is 9.53 Å². The summed E-state index contributed by atoms with van der Waals surface area (Å²) in [7, 11) is 1.28. The van der Waals surface area contributed by atoms with Gasteiger partial charge in [-0.05, 0) is 32.0 Å². The number of carbonyl (C=O) groups is 2. The summed E-state index contributed by atoms with van der Waals surface area (Å²) >= 11 is 0. The van der Waals surface area contributed by atoms with Crippen molar-refractivity contribution in [3.8, 4) is 11.5 Å². The van der Waals surface area contributed by atoms with Crippen LogP contribution in [-0.4, -0.2) is 35.7 Å². The van der Waals surface area contributed by atoms with Gasteiger partial charge in [-0.2, -0.15) is 0 Å². The zero-order valence-electron chi connectivity index (χ0n) is 11.1. The first-order chi connectivity index (χ1) is 8.77. The molecule has 0 aliphatic carbocycles. The third kappa shape index (κ3) is 3.61. The minimum atomic E-state index is -0.844. The summed E-state index contributed by atoms with van der Waals surface area (Å²) in [5.74, 6) is -1.56. The van der Waals surface area contributed by atoms with Crippen molar-refractivity contribution < 1.29 is 24.5 Å². The largest absolute Gasteiger partial charge is 0.504 e. The Bertz CT molecular complexity index is 496. The van der Waals surface area contributed by atoms with Gasteiger partial charge in [-0.1, -0.05) is 0 Å². The number of carbonyl (C=O) groups excluding carboxylic acids is 2. The van der Waals surface area contributed by atoms with E-state index in [0.29, 0.717) is 0 Å². The monoisotopic (exact) mass is 267 g/mol. The number of aromatic hydroxyl groups is 2. The zero-order chi connectivity index (χ0) is 14.6. The lowest BCUT2D eigenvalue weighted by Crippen LogP contribution is -2.39. The highest BCUT2D eigenvalue weighted by Gasteiger charge is 2.29. The molecule has 1 amide bonds. The topological polar surface area (TPSA) is 95.9 Å². The average Bonchev–Trinajstić information content (AvgIpc) is 2.38. The third-order valence-electron chi connectivity index (χ3n) is 2.67. The van der Waals surface area contributed by atoms with Crippen LogP contribution in [0.2, 0.25) is 0 Å². The first-order valence-corrected chi connectivity index (χ1v) is 5.66. The molecule has 0 saturated carbocycles. The molecule has 6 heteroatoms. The van der Waals surface area contributed by atoms with Crippen molar-refractivity contribution in [3.05, 3.63) is 23.8 Å². The number of esters is 1. The van der Waals surface area contributed by atoms with Crippen molar-refractivity contribution in [2.24, 2.45) is 5.41 Å². The fourth-order valence-corrected chi connectivity index (χ4v) is 1.42. The third-order valence-corrected chi connectivity index (χ3v) is 2.67. The molecule has 0 fully saturated rings. The molecule has 3 N–H and O–H groups in total. The maximum Gasteiger partial charge on any atom is 0.313 e. The van der Waals surface area contributed by atoms with E-state index in [1.807, 2.05) is 0 Å². The predicted octanol–water partition coefficient (Wildman–Crippen LogP) is 1.03. The summed E-state index contributed by atoms with van der Waals surface area (Å²) in [5.41, 5.74) is -0.653. The van der Waals surface area contributed by atoms with Gasteiger partial charge in [0, 0.05) is 12.1 Å². The second-order valence-corrected chi connectivity index (χ2v) is 4.76. The number of methoxy groups -OCH3 is 1. The molecule has 0 heterocycles. The molecule has 104 valence electrons. The number of ether oxygens (including phenoxy) is 1. The van der Waals surface area contributed by atoms with Gasteiger partial charge in [0.2, 0.25) is 0 Å². The Labute approximate surface area is 111 Å². The first kappa shape index (κ1) is 14.8. The van der Waals surface area contributed by atoms with E-state index >= 15 is 0 Å². The molecule has 0 bridgehead atoms. The molecule has 0 aromatic heterocycles. The van der Waals surface area contributed by atoms with Crippen LogP contribution in [0.3, 0.4) is 0 Å². The van der Waals surface area contributed by atoms with E-state index in [1.165, 1.54) is 19.2 Å². The normalized spacial score (nSPS) is 10.9. The van der Waals surface area contributed by atoms with Gasteiger partial charge in [0.25, 0.3) is 5.91 Å². The molecular weight excluding hydrogens is 250 g/mol. The smallest absolute Gasteiger partial charge is 0.313 e. The molecule has 0 aliphatic rings. The SMILES string of the molecule is COC(=O)C(C)(C)CNC(=O)c1ccc(O)c(O)c1. The Morgan fingerprint density at radius 2 is 1.89 bits per heavy atom. The van der Waals surface area contributed by atoms with E-state index in [-0.39, 0.29) is 23.6 Å². The van der Waals surface area contributed by atoms with E-state index < -0.39 is 17.3 Å². The van der Waals surface area contributed by atoms with Crippen LogP contribution >= 0.6 is 0 Å². The summed E-state index contributed by atoms with van der Waals surface area (Å²) in [4.78, 5) is 23.2. The van der Waals surface area contributed by atoms with Crippen molar-refractivity contribution in [1.29, 1.82) is 0 Å². The highest BCUT2D eigenvalue weighted by Crippen LogP contribution is 2.25. The summed E-state index contributed by atoms with van der Waals surface area (Å²) in [6.45, 7) is 3.39. The van der Waals surface area contributed by atoms with Gasteiger partial charge in [0.15, 0.2) is 11.5 Å². The second-order valence-electron chi connectivity index (χ2n) is 4.76. The number of hydrogen-bond donors (Lipinski definition) is 3. The van der Waals surface area contributed by atoms with E-state index in [4.69, 9.17) is 5.11 Å². The van der Waals surface area contributed by atoms with Crippen molar-refractivity contribution in [2.45, 2.75) is 13.8 Å². The number of hydrogen-bond acceptors (Lipinski definition) is 5. The van der Waals surface area contributed by atoms with Gasteiger partial charge in [-0.15, -0.1) is 0 Å². The quantitative estimate of drug-likeness (QED) is 0.559. The molecule has 0 saturated heterocycles. The van der Waals surface area contributed by atoms with Crippen molar-refractivity contribution in [1.82, 2.24) is 5.32 Å². The minimum Gasteiger partial charge on any atom is -0.504 e. The summed E-state index contributed by atoms with van der Waals surface area (Å²) in [6.07, 6.45) is 0. The summed E-state index contributed by atoms with van der Waals surface area (Å²) in [5, 5.41) is 21.0. The van der Waals surface area contributed by atoms with Crippen molar-refractivity contribution in [3.63, 3.8) is 0 Å². The molecule has 6 nitrogen and oxygen atoms in total. The Morgan fingerprint density at radius 3 is 2.42 bits per heavy atom. The first-order valence-electron chi connectivity index (χ1n) is 5.66. The number of nitrogens with one attached hydrogen (secondary N) is 1. The molecule has 0 aliphatic heterocycles. The van der Waals surface area contributed by atoms with Crippen LogP contribution in [0.15, 0.2) is 18.2 Å². The van der Waals surface area contributed by atoms with E-state index in [2.05, 4.69) is 10.1 Å². The fourth-order valence-electron chi connectivity index (χ4n) is 1.42. The van der Waals surface area contributed by atoms with Crippen molar-refractivity contribution in [2.75, 3.05) is 13.7 Å². The number of benzene rings is 1. The van der Waals surface area contributed by atoms with Gasteiger partial charge < -0.3 is 20.3 Å². The zero-order valence-corrected chi connectivity index (χ0v) is 11.1. The van der Waals surface area contributed by atoms with E-state index in [1.54, 1.807) is 13.8 Å². The number of phenolic OH excluding ortho intramolecular Hbond substituents is 2. The van der Waals surface area contributed by atoms with Gasteiger partial charge in [0.05, 0.1) is 12.5 Å². The van der Waals surface area contributed by atoms with E-state index in [9.17, 15) is 14.7 Å². The van der Waals surface area contributed by atoms with E-state index in [0.717, 1.165) is 6.07 Å². The molecule has 0 unspecified atom stereocenters. The van der Waals surface area contributed by atoms with Crippen LogP contribution in [0, 0.1) is 5.41 Å². The van der Waals surface area contributed by atoms with Crippen LogP contribution in [0.25, 0.3) is 0 Å². The molecule has 0 radical (unpaired) electrons. The van der Waals surface area contributed by atoms with Crippen molar-refractivity contribution >= 4 is 11.9 Å². The Hall–Kier alpha value is -2.24. The molecule has 1 rings (SSSR count). The fraction of sp³-hybridized carbons (Fsp3) is 0.385. The highest BCUT2D eigenvalue weighted by atomic mass is 16.5. The summed E-state index contributed by atoms with van der Waals surface area (Å²) < 4.78 is 4.62. The summed E-state index contributed by atoms with van der Waals surface area (Å²) in [6, 6.07) is 3.74. The average molecular weight is 267 g/mol. The van der Waals surface area contributed by atoms with Crippen LogP contribution in [0.4, 0.5) is 0 Å². The molecule has 0 spiro atoms. The van der Waals surface area contributed by atoms with Crippen LogP contribution in [0.1, 0.15) is 24.2 Å². The second kappa shape index (κ2) is 5.60. The van der Waals surface area contributed by atoms with Gasteiger partial charge in [-0.25, -0.2) is 0 Å². The highest BCUT2D eigenvalue weighted by molar-refractivity contribution is 5.95. The van der Waals surface area contributed by atoms with Crippen LogP contribution < -0.4 is 5.32 Å². The number of phenols is 2. The molecule has 0 atom stereocenters. The lowest BCUT2D eigenvalue weighted by molar-refractivity contribution is -0.150. The Kier molecular flexibility index (Phi) is 4.37. The Balaban J connectivity index is 2.70. The molecular formula is C13H17NO5. The van der Waals surface area contributed by atoms with Gasteiger partial charge in [0.1, 0.15) is 0 Å². The minimum absolute atomic E-state index is 0.0974. The van der Waals surface area contributed by atoms with Gasteiger partial charge >= 0.3 is 5.97 Å².